The van der Waals surface area contributed by atoms with Crippen molar-refractivity contribution in [2.45, 2.75) is 13.3 Å². The lowest BCUT2D eigenvalue weighted by molar-refractivity contribution is -0.122. The third-order valence-corrected chi connectivity index (χ3v) is 4.41. The highest BCUT2D eigenvalue weighted by atomic mass is 19.1. The van der Waals surface area contributed by atoms with Gasteiger partial charge in [0.1, 0.15) is 5.82 Å². The van der Waals surface area contributed by atoms with Gasteiger partial charge in [0.05, 0.1) is 22.9 Å². The van der Waals surface area contributed by atoms with Gasteiger partial charge < -0.3 is 15.5 Å². The van der Waals surface area contributed by atoms with Crippen molar-refractivity contribution in [1.82, 2.24) is 5.32 Å². The van der Waals surface area contributed by atoms with Crippen LogP contribution in [0.15, 0.2) is 48.5 Å². The van der Waals surface area contributed by atoms with E-state index in [1.807, 2.05) is 0 Å². The van der Waals surface area contributed by atoms with Gasteiger partial charge in [-0.1, -0.05) is 24.3 Å². The van der Waals surface area contributed by atoms with Crippen molar-refractivity contribution < 1.29 is 18.8 Å². The van der Waals surface area contributed by atoms with E-state index in [0.717, 1.165) is 0 Å². The van der Waals surface area contributed by atoms with E-state index in [4.69, 9.17) is 0 Å². The quantitative estimate of drug-likeness (QED) is 0.850. The summed E-state index contributed by atoms with van der Waals surface area (Å²) in [6, 6.07) is 12.6. The second-order valence-electron chi connectivity index (χ2n) is 6.25. The Hall–Kier alpha value is -3.22. The highest BCUT2D eigenvalue weighted by Crippen LogP contribution is 2.28. The fourth-order valence-corrected chi connectivity index (χ4v) is 3.07. The number of anilines is 2. The molecule has 0 bridgehead atoms. The molecule has 0 unspecified atom stereocenters. The van der Waals surface area contributed by atoms with Gasteiger partial charge in [-0.3, -0.25) is 14.4 Å². The molecule has 6 nitrogen and oxygen atoms in total. The Labute approximate surface area is 156 Å². The van der Waals surface area contributed by atoms with Gasteiger partial charge >= 0.3 is 0 Å². The van der Waals surface area contributed by atoms with Crippen LogP contribution in [-0.4, -0.2) is 30.8 Å². The van der Waals surface area contributed by atoms with Crippen molar-refractivity contribution in [2.24, 2.45) is 5.92 Å². The molecule has 0 aromatic heterocycles. The Balaban J connectivity index is 1.74. The molecule has 2 aromatic rings. The van der Waals surface area contributed by atoms with Crippen LogP contribution in [0, 0.1) is 11.7 Å². The highest BCUT2D eigenvalue weighted by Gasteiger charge is 2.36. The van der Waals surface area contributed by atoms with Crippen LogP contribution < -0.4 is 15.5 Å². The van der Waals surface area contributed by atoms with Gasteiger partial charge in [-0.25, -0.2) is 4.39 Å². The van der Waals surface area contributed by atoms with Crippen molar-refractivity contribution in [2.75, 3.05) is 23.3 Å². The summed E-state index contributed by atoms with van der Waals surface area (Å²) in [7, 11) is 0. The number of hydrogen-bond acceptors (Lipinski definition) is 3. The lowest BCUT2D eigenvalue weighted by atomic mass is 10.1. The molecule has 1 heterocycles. The Morgan fingerprint density at radius 1 is 1.15 bits per heavy atom. The van der Waals surface area contributed by atoms with Crippen LogP contribution in [0.5, 0.6) is 0 Å². The second-order valence-corrected chi connectivity index (χ2v) is 6.25. The van der Waals surface area contributed by atoms with Gasteiger partial charge in [-0.05, 0) is 31.2 Å². The zero-order valence-electron chi connectivity index (χ0n) is 14.9. The first-order chi connectivity index (χ1) is 13.0. The summed E-state index contributed by atoms with van der Waals surface area (Å²) < 4.78 is 14.0. The molecule has 1 saturated heterocycles. The van der Waals surface area contributed by atoms with Gasteiger partial charge in [-0.15, -0.1) is 0 Å². The second kappa shape index (κ2) is 7.99. The molecule has 27 heavy (non-hydrogen) atoms. The van der Waals surface area contributed by atoms with E-state index in [1.54, 1.807) is 43.3 Å². The molecular formula is C20H20FN3O3. The minimum Gasteiger partial charge on any atom is -0.352 e. The van der Waals surface area contributed by atoms with E-state index >= 15 is 0 Å². The maximum Gasteiger partial charge on any atom is 0.253 e. The number of carbonyl (C=O) groups is 3. The molecule has 3 amide bonds. The molecule has 0 aliphatic carbocycles. The number of nitrogens with one attached hydrogen (secondary N) is 2. The molecule has 1 aliphatic rings. The largest absolute Gasteiger partial charge is 0.352 e. The standard InChI is InChI=1S/C20H20FN3O3/c1-2-22-20(27)14-7-3-5-9-16(14)23-19(26)13-11-18(25)24(12-13)17-10-6-4-8-15(17)21/h3-10,13H,2,11-12H2,1H3,(H,22,27)(H,23,26)/t13-/m0/s1. The minimum absolute atomic E-state index is 0.0104. The summed E-state index contributed by atoms with van der Waals surface area (Å²) in [5.41, 5.74) is 0.897. The van der Waals surface area contributed by atoms with E-state index in [-0.39, 0.29) is 36.4 Å². The predicted molar refractivity (Wildman–Crippen MR) is 99.9 cm³/mol. The van der Waals surface area contributed by atoms with Crippen LogP contribution in [0.25, 0.3) is 0 Å². The summed E-state index contributed by atoms with van der Waals surface area (Å²) in [6.07, 6.45) is -0.0104. The topological polar surface area (TPSA) is 78.5 Å². The van der Waals surface area contributed by atoms with Gasteiger partial charge in [0.25, 0.3) is 5.91 Å². The number of hydrogen-bond donors (Lipinski definition) is 2. The first-order valence-corrected chi connectivity index (χ1v) is 8.74. The van der Waals surface area contributed by atoms with Crippen molar-refractivity contribution in [3.05, 3.63) is 59.9 Å². The van der Waals surface area contributed by atoms with E-state index in [0.29, 0.717) is 17.8 Å². The van der Waals surface area contributed by atoms with Gasteiger partial charge in [0, 0.05) is 19.5 Å². The van der Waals surface area contributed by atoms with Crippen LogP contribution in [0.2, 0.25) is 0 Å². The van der Waals surface area contributed by atoms with E-state index < -0.39 is 11.7 Å². The number of benzene rings is 2. The summed E-state index contributed by atoms with van der Waals surface area (Å²) in [5, 5.41) is 5.42. The van der Waals surface area contributed by atoms with Crippen LogP contribution in [0.3, 0.4) is 0 Å². The first-order valence-electron chi connectivity index (χ1n) is 8.74. The summed E-state index contributed by atoms with van der Waals surface area (Å²) in [6.45, 7) is 2.37. The summed E-state index contributed by atoms with van der Waals surface area (Å²) >= 11 is 0. The number of carbonyl (C=O) groups excluding carboxylic acids is 3. The Bertz CT molecular complexity index is 884. The number of amides is 3. The molecule has 0 saturated carbocycles. The minimum atomic E-state index is -0.626. The molecule has 2 aromatic carbocycles. The van der Waals surface area contributed by atoms with Gasteiger partial charge in [-0.2, -0.15) is 0 Å². The fraction of sp³-hybridized carbons (Fsp3) is 0.250. The number of halogens is 1. The van der Waals surface area contributed by atoms with Crippen LogP contribution >= 0.6 is 0 Å². The Kier molecular flexibility index (Phi) is 5.49. The van der Waals surface area contributed by atoms with Crippen LogP contribution in [0.1, 0.15) is 23.7 Å². The van der Waals surface area contributed by atoms with E-state index in [1.165, 1.54) is 17.0 Å². The molecule has 0 radical (unpaired) electrons. The zero-order valence-corrected chi connectivity index (χ0v) is 14.9. The number of para-hydroxylation sites is 2. The highest BCUT2D eigenvalue weighted by molar-refractivity contribution is 6.07. The fourth-order valence-electron chi connectivity index (χ4n) is 3.07. The Morgan fingerprint density at radius 2 is 1.85 bits per heavy atom. The molecule has 7 heteroatoms. The molecule has 2 N–H and O–H groups in total. The SMILES string of the molecule is CCNC(=O)c1ccccc1NC(=O)[C@H]1CC(=O)N(c2ccccc2F)C1. The third-order valence-electron chi connectivity index (χ3n) is 4.41. The van der Waals surface area contributed by atoms with Crippen molar-refractivity contribution in [3.8, 4) is 0 Å². The Morgan fingerprint density at radius 3 is 2.59 bits per heavy atom. The summed E-state index contributed by atoms with van der Waals surface area (Å²) in [4.78, 5) is 38.3. The number of nitrogens with zero attached hydrogens (tertiary/aromatic N) is 1. The van der Waals surface area contributed by atoms with Gasteiger partial charge in [0.2, 0.25) is 11.8 Å². The van der Waals surface area contributed by atoms with E-state index in [9.17, 15) is 18.8 Å². The van der Waals surface area contributed by atoms with Crippen LogP contribution in [0.4, 0.5) is 15.8 Å². The predicted octanol–water partition coefficient (Wildman–Crippen LogP) is 2.57. The lowest BCUT2D eigenvalue weighted by Crippen LogP contribution is -2.30. The van der Waals surface area contributed by atoms with Crippen LogP contribution in [-0.2, 0) is 9.59 Å². The molecule has 3 rings (SSSR count). The van der Waals surface area contributed by atoms with Crippen molar-refractivity contribution >= 4 is 29.1 Å². The molecule has 140 valence electrons. The molecule has 1 aliphatic heterocycles. The maximum atomic E-state index is 14.0. The van der Waals surface area contributed by atoms with Gasteiger partial charge in [0.15, 0.2) is 0 Å². The number of rotatable bonds is 5. The van der Waals surface area contributed by atoms with E-state index in [2.05, 4.69) is 10.6 Å². The summed E-state index contributed by atoms with van der Waals surface area (Å²) in [5.74, 6) is -2.10. The first kappa shape index (κ1) is 18.6. The maximum absolute atomic E-state index is 14.0. The monoisotopic (exact) mass is 369 g/mol. The molecule has 0 spiro atoms. The normalized spacial score (nSPS) is 16.3. The van der Waals surface area contributed by atoms with Crippen molar-refractivity contribution in [3.63, 3.8) is 0 Å². The lowest BCUT2D eigenvalue weighted by Gasteiger charge is -2.17. The average Bonchev–Trinajstić information content (AvgIpc) is 3.04. The smallest absolute Gasteiger partial charge is 0.253 e. The van der Waals surface area contributed by atoms with Crippen molar-refractivity contribution in [1.29, 1.82) is 0 Å². The molecule has 1 atom stereocenters. The molecular weight excluding hydrogens is 349 g/mol. The zero-order chi connectivity index (χ0) is 19.4. The average molecular weight is 369 g/mol. The molecule has 1 fully saturated rings. The third kappa shape index (κ3) is 3.97.